The van der Waals surface area contributed by atoms with E-state index >= 15 is 0 Å². The number of amides is 2. The molecule has 2 aromatic rings. The zero-order valence-electron chi connectivity index (χ0n) is 18.5. The molecule has 0 bridgehead atoms. The van der Waals surface area contributed by atoms with Crippen LogP contribution in [-0.4, -0.2) is 57.4 Å². The van der Waals surface area contributed by atoms with Crippen LogP contribution in [0.2, 0.25) is 0 Å². The van der Waals surface area contributed by atoms with E-state index in [0.717, 1.165) is 11.3 Å². The predicted molar refractivity (Wildman–Crippen MR) is 122 cm³/mol. The maximum absolute atomic E-state index is 13.0. The summed E-state index contributed by atoms with van der Waals surface area (Å²) in [5, 5.41) is 10.4. The summed E-state index contributed by atoms with van der Waals surface area (Å²) in [5.74, 6) is -1.32. The molecule has 2 unspecified atom stereocenters. The third-order valence-electron chi connectivity index (χ3n) is 5.72. The molecule has 2 aromatic carbocycles. The monoisotopic (exact) mass is 460 g/mol. The summed E-state index contributed by atoms with van der Waals surface area (Å²) in [6.45, 7) is 4.18. The van der Waals surface area contributed by atoms with Gasteiger partial charge in [-0.05, 0) is 49.7 Å². The SMILES string of the molecule is CCN1c2cc(C(=O)NCc3ccc(N(C)C)cc3)ccc2S(=O)(=O)C(C(=O)NO)C1C. The molecule has 0 spiro atoms. The van der Waals surface area contributed by atoms with Gasteiger partial charge in [0.25, 0.3) is 11.8 Å². The van der Waals surface area contributed by atoms with Crippen LogP contribution in [0.25, 0.3) is 0 Å². The first-order valence-electron chi connectivity index (χ1n) is 10.2. The summed E-state index contributed by atoms with van der Waals surface area (Å²) in [4.78, 5) is 28.5. The van der Waals surface area contributed by atoms with E-state index in [1.54, 1.807) is 11.8 Å². The minimum atomic E-state index is -4.04. The number of carbonyl (C=O) groups is 2. The number of carbonyl (C=O) groups excluding carboxylic acids is 2. The predicted octanol–water partition coefficient (Wildman–Crippen LogP) is 1.56. The second kappa shape index (κ2) is 9.17. The molecule has 3 N–H and O–H groups in total. The number of sulfone groups is 1. The van der Waals surface area contributed by atoms with Crippen LogP contribution < -0.4 is 20.6 Å². The van der Waals surface area contributed by atoms with E-state index < -0.39 is 27.0 Å². The summed E-state index contributed by atoms with van der Waals surface area (Å²) >= 11 is 0. The highest BCUT2D eigenvalue weighted by Crippen LogP contribution is 2.38. The molecule has 9 nitrogen and oxygen atoms in total. The number of nitrogens with one attached hydrogen (secondary N) is 2. The van der Waals surface area contributed by atoms with E-state index in [2.05, 4.69) is 5.32 Å². The molecule has 0 radical (unpaired) electrons. The zero-order valence-corrected chi connectivity index (χ0v) is 19.3. The first-order valence-corrected chi connectivity index (χ1v) is 11.8. The van der Waals surface area contributed by atoms with E-state index in [4.69, 9.17) is 5.21 Å². The van der Waals surface area contributed by atoms with Crippen LogP contribution in [-0.2, 0) is 21.2 Å². The highest BCUT2D eigenvalue weighted by atomic mass is 32.2. The van der Waals surface area contributed by atoms with Crippen LogP contribution in [0.4, 0.5) is 11.4 Å². The van der Waals surface area contributed by atoms with E-state index in [0.29, 0.717) is 24.3 Å². The Labute approximate surface area is 187 Å². The van der Waals surface area contributed by atoms with Crippen molar-refractivity contribution in [3.05, 3.63) is 53.6 Å². The number of hydroxylamine groups is 1. The van der Waals surface area contributed by atoms with E-state index in [1.165, 1.54) is 23.7 Å². The smallest absolute Gasteiger partial charge is 0.264 e. The van der Waals surface area contributed by atoms with Gasteiger partial charge < -0.3 is 15.1 Å². The van der Waals surface area contributed by atoms with Crippen LogP contribution in [0.15, 0.2) is 47.4 Å². The Bertz CT molecular complexity index is 1120. The van der Waals surface area contributed by atoms with Gasteiger partial charge in [0.2, 0.25) is 0 Å². The van der Waals surface area contributed by atoms with Crippen molar-refractivity contribution >= 4 is 33.0 Å². The molecule has 0 aliphatic carbocycles. The number of nitrogens with zero attached hydrogens (tertiary/aromatic N) is 2. The largest absolute Gasteiger partial charge is 0.378 e. The van der Waals surface area contributed by atoms with E-state index in [-0.39, 0.29) is 10.8 Å². The first-order chi connectivity index (χ1) is 15.1. The Morgan fingerprint density at radius 2 is 1.78 bits per heavy atom. The molecule has 2 amide bonds. The maximum Gasteiger partial charge on any atom is 0.264 e. The summed E-state index contributed by atoms with van der Waals surface area (Å²) in [7, 11) is -0.144. The fourth-order valence-corrected chi connectivity index (χ4v) is 5.98. The van der Waals surface area contributed by atoms with Gasteiger partial charge in [-0.15, -0.1) is 0 Å². The number of hydrogen-bond donors (Lipinski definition) is 3. The minimum absolute atomic E-state index is 0.0399. The second-order valence-electron chi connectivity index (χ2n) is 7.89. The first kappa shape index (κ1) is 23.6. The van der Waals surface area contributed by atoms with Crippen molar-refractivity contribution in [1.82, 2.24) is 10.8 Å². The summed E-state index contributed by atoms with van der Waals surface area (Å²) in [6.07, 6.45) is 0. The van der Waals surface area contributed by atoms with Crippen LogP contribution in [0.1, 0.15) is 29.8 Å². The Kier molecular flexibility index (Phi) is 6.75. The molecule has 172 valence electrons. The number of rotatable bonds is 6. The van der Waals surface area contributed by atoms with Gasteiger partial charge in [0.05, 0.1) is 16.6 Å². The molecule has 1 aliphatic heterocycles. The van der Waals surface area contributed by atoms with Gasteiger partial charge in [0, 0.05) is 38.4 Å². The highest BCUT2D eigenvalue weighted by Gasteiger charge is 2.46. The highest BCUT2D eigenvalue weighted by molar-refractivity contribution is 7.93. The zero-order chi connectivity index (χ0) is 23.6. The van der Waals surface area contributed by atoms with Crippen molar-refractivity contribution in [2.45, 2.75) is 36.6 Å². The number of anilines is 2. The van der Waals surface area contributed by atoms with Crippen LogP contribution in [0.5, 0.6) is 0 Å². The lowest BCUT2D eigenvalue weighted by molar-refractivity contribution is -0.129. The topological polar surface area (TPSA) is 119 Å². The molecule has 1 heterocycles. The van der Waals surface area contributed by atoms with Crippen molar-refractivity contribution < 1.29 is 23.2 Å². The fraction of sp³-hybridized carbons (Fsp3) is 0.364. The second-order valence-corrected chi connectivity index (χ2v) is 9.93. The Hall–Kier alpha value is -3.11. The number of fused-ring (bicyclic) bond motifs is 1. The Morgan fingerprint density at radius 1 is 1.12 bits per heavy atom. The summed E-state index contributed by atoms with van der Waals surface area (Å²) < 4.78 is 26.1. The van der Waals surface area contributed by atoms with Crippen molar-refractivity contribution in [3.63, 3.8) is 0 Å². The van der Waals surface area contributed by atoms with Gasteiger partial charge in [0.15, 0.2) is 15.1 Å². The molecule has 2 atom stereocenters. The van der Waals surface area contributed by atoms with Gasteiger partial charge in [-0.25, -0.2) is 13.9 Å². The number of benzene rings is 2. The molecule has 0 saturated carbocycles. The van der Waals surface area contributed by atoms with Crippen molar-refractivity contribution in [1.29, 1.82) is 0 Å². The molecule has 1 aliphatic rings. The fourth-order valence-electron chi connectivity index (χ4n) is 3.98. The molecule has 0 aromatic heterocycles. The average Bonchev–Trinajstić information content (AvgIpc) is 2.77. The van der Waals surface area contributed by atoms with E-state index in [9.17, 15) is 18.0 Å². The molecule has 32 heavy (non-hydrogen) atoms. The van der Waals surface area contributed by atoms with Crippen LogP contribution in [0, 0.1) is 0 Å². The molecular weight excluding hydrogens is 432 g/mol. The van der Waals surface area contributed by atoms with Gasteiger partial charge >= 0.3 is 0 Å². The number of hydrogen-bond acceptors (Lipinski definition) is 7. The van der Waals surface area contributed by atoms with Gasteiger partial charge in [-0.2, -0.15) is 0 Å². The van der Waals surface area contributed by atoms with E-state index in [1.807, 2.05) is 50.2 Å². The quantitative estimate of drug-likeness (QED) is 0.442. The lowest BCUT2D eigenvalue weighted by Gasteiger charge is -2.40. The van der Waals surface area contributed by atoms with Gasteiger partial charge in [-0.3, -0.25) is 14.8 Å². The molecule has 10 heteroatoms. The lowest BCUT2D eigenvalue weighted by atomic mass is 10.1. The van der Waals surface area contributed by atoms with Gasteiger partial charge in [0.1, 0.15) is 0 Å². The Morgan fingerprint density at radius 3 is 2.34 bits per heavy atom. The molecular formula is C22H28N4O5S. The summed E-state index contributed by atoms with van der Waals surface area (Å²) in [5.41, 5.74) is 4.13. The molecule has 0 saturated heterocycles. The third kappa shape index (κ3) is 4.28. The summed E-state index contributed by atoms with van der Waals surface area (Å²) in [6, 6.07) is 11.4. The van der Waals surface area contributed by atoms with Crippen molar-refractivity contribution in [2.75, 3.05) is 30.4 Å². The maximum atomic E-state index is 13.0. The Balaban J connectivity index is 1.86. The standard InChI is InChI=1S/C22H28N4O5S/c1-5-26-14(2)20(22(28)24-29)32(30,31)19-11-8-16(12-18(19)26)21(27)23-13-15-6-9-17(10-7-15)25(3)4/h6-12,14,20,29H,5,13H2,1-4H3,(H,23,27)(H,24,28). The van der Waals surface area contributed by atoms with Crippen LogP contribution >= 0.6 is 0 Å². The van der Waals surface area contributed by atoms with Crippen molar-refractivity contribution in [2.24, 2.45) is 0 Å². The molecule has 0 fully saturated rings. The third-order valence-corrected chi connectivity index (χ3v) is 7.95. The van der Waals surface area contributed by atoms with Crippen molar-refractivity contribution in [3.8, 4) is 0 Å². The lowest BCUT2D eigenvalue weighted by Crippen LogP contribution is -2.56. The van der Waals surface area contributed by atoms with Crippen LogP contribution in [0.3, 0.4) is 0 Å². The average molecular weight is 461 g/mol. The minimum Gasteiger partial charge on any atom is -0.378 e. The normalized spacial score (nSPS) is 19.1. The van der Waals surface area contributed by atoms with Gasteiger partial charge in [-0.1, -0.05) is 12.1 Å². The molecule has 3 rings (SSSR count).